The SMILES string of the molecule is CNc1ccc(-c2ccc3c(c2)CN(C)CC3c2ccc3[nH]ncc3c2)nn1. The first-order valence-electron chi connectivity index (χ1n) is 9.47. The molecule has 1 atom stereocenters. The third-order valence-electron chi connectivity index (χ3n) is 5.54. The normalized spacial score (nSPS) is 16.9. The van der Waals surface area contributed by atoms with Gasteiger partial charge >= 0.3 is 0 Å². The summed E-state index contributed by atoms with van der Waals surface area (Å²) in [4.78, 5) is 2.38. The molecule has 0 amide bonds. The molecule has 0 radical (unpaired) electrons. The average Bonchev–Trinajstić information content (AvgIpc) is 3.20. The maximum atomic E-state index is 4.36. The van der Waals surface area contributed by atoms with Gasteiger partial charge in [-0.15, -0.1) is 10.2 Å². The van der Waals surface area contributed by atoms with Crippen LogP contribution in [0.1, 0.15) is 22.6 Å². The standard InChI is InChI=1S/C22H22N6/c1-23-22-8-7-20(26-27-22)15-3-5-18-17(10-15)12-28(2)13-19(18)14-4-6-21-16(9-14)11-24-25-21/h3-11,19H,12-13H2,1-2H3,(H,23,27)(H,24,25). The second kappa shape index (κ2) is 6.73. The van der Waals surface area contributed by atoms with Gasteiger partial charge in [0.2, 0.25) is 0 Å². The van der Waals surface area contributed by atoms with Gasteiger partial charge in [0.25, 0.3) is 0 Å². The molecule has 0 saturated carbocycles. The molecule has 3 heterocycles. The molecular formula is C22H22N6. The van der Waals surface area contributed by atoms with Crippen LogP contribution in [0.25, 0.3) is 22.2 Å². The van der Waals surface area contributed by atoms with Crippen LogP contribution in [0.2, 0.25) is 0 Å². The number of hydrogen-bond acceptors (Lipinski definition) is 5. The van der Waals surface area contributed by atoms with Crippen molar-refractivity contribution in [1.29, 1.82) is 0 Å². The van der Waals surface area contributed by atoms with Crippen molar-refractivity contribution in [2.45, 2.75) is 12.5 Å². The summed E-state index contributed by atoms with van der Waals surface area (Å²) in [5.74, 6) is 1.12. The highest BCUT2D eigenvalue weighted by Crippen LogP contribution is 2.36. The highest BCUT2D eigenvalue weighted by atomic mass is 15.2. The van der Waals surface area contributed by atoms with Gasteiger partial charge in [0.05, 0.1) is 17.4 Å². The van der Waals surface area contributed by atoms with Gasteiger partial charge in [0.1, 0.15) is 5.82 Å². The predicted octanol–water partition coefficient (Wildman–Crippen LogP) is 3.64. The molecule has 6 nitrogen and oxygen atoms in total. The Labute approximate surface area is 163 Å². The summed E-state index contributed by atoms with van der Waals surface area (Å²) in [5, 5.41) is 19.9. The minimum atomic E-state index is 0.347. The third-order valence-corrected chi connectivity index (χ3v) is 5.54. The minimum absolute atomic E-state index is 0.347. The van der Waals surface area contributed by atoms with Gasteiger partial charge in [-0.25, -0.2) is 0 Å². The summed E-state index contributed by atoms with van der Waals surface area (Å²) in [7, 11) is 4.03. The number of anilines is 1. The number of likely N-dealkylation sites (N-methyl/N-ethyl adjacent to an activating group) is 1. The first-order valence-corrected chi connectivity index (χ1v) is 9.47. The predicted molar refractivity (Wildman–Crippen MR) is 111 cm³/mol. The molecule has 0 bridgehead atoms. The zero-order valence-corrected chi connectivity index (χ0v) is 16.0. The van der Waals surface area contributed by atoms with Crippen molar-refractivity contribution >= 4 is 16.7 Å². The second-order valence-electron chi connectivity index (χ2n) is 7.43. The Balaban J connectivity index is 1.54. The molecular weight excluding hydrogens is 348 g/mol. The van der Waals surface area contributed by atoms with Crippen molar-refractivity contribution < 1.29 is 0 Å². The fourth-order valence-corrected chi connectivity index (χ4v) is 4.09. The average molecular weight is 370 g/mol. The highest BCUT2D eigenvalue weighted by molar-refractivity contribution is 5.79. The van der Waals surface area contributed by atoms with Gasteiger partial charge in [0.15, 0.2) is 0 Å². The summed E-state index contributed by atoms with van der Waals surface area (Å²) in [5.41, 5.74) is 7.15. The number of benzene rings is 2. The number of nitrogens with zero attached hydrogens (tertiary/aromatic N) is 4. The zero-order chi connectivity index (χ0) is 19.1. The summed E-state index contributed by atoms with van der Waals surface area (Å²) in [6, 6.07) is 17.2. The molecule has 0 saturated heterocycles. The lowest BCUT2D eigenvalue weighted by molar-refractivity contribution is 0.295. The summed E-state index contributed by atoms with van der Waals surface area (Å²) in [6.45, 7) is 1.95. The molecule has 0 spiro atoms. The number of hydrogen-bond donors (Lipinski definition) is 2. The number of rotatable bonds is 3. The van der Waals surface area contributed by atoms with E-state index in [1.165, 1.54) is 16.7 Å². The van der Waals surface area contributed by atoms with E-state index in [2.05, 4.69) is 74.1 Å². The van der Waals surface area contributed by atoms with Gasteiger partial charge in [-0.2, -0.15) is 5.10 Å². The van der Waals surface area contributed by atoms with Crippen LogP contribution in [0.3, 0.4) is 0 Å². The molecule has 2 aromatic carbocycles. The number of fused-ring (bicyclic) bond motifs is 2. The molecule has 1 unspecified atom stereocenters. The number of H-pyrrole nitrogens is 1. The van der Waals surface area contributed by atoms with E-state index < -0.39 is 0 Å². The lowest BCUT2D eigenvalue weighted by atomic mass is 9.83. The van der Waals surface area contributed by atoms with Crippen molar-refractivity contribution in [2.75, 3.05) is 26.0 Å². The minimum Gasteiger partial charge on any atom is -0.372 e. The van der Waals surface area contributed by atoms with E-state index in [0.29, 0.717) is 5.92 Å². The van der Waals surface area contributed by atoms with Crippen LogP contribution >= 0.6 is 0 Å². The first kappa shape index (κ1) is 16.9. The summed E-state index contributed by atoms with van der Waals surface area (Å²) < 4.78 is 0. The molecule has 0 aliphatic carbocycles. The van der Waals surface area contributed by atoms with E-state index in [4.69, 9.17) is 0 Å². The Morgan fingerprint density at radius 2 is 2.00 bits per heavy atom. The molecule has 1 aliphatic heterocycles. The fourth-order valence-electron chi connectivity index (χ4n) is 4.09. The van der Waals surface area contributed by atoms with Gasteiger partial charge in [-0.1, -0.05) is 18.2 Å². The number of aromatic amines is 1. The molecule has 6 heteroatoms. The van der Waals surface area contributed by atoms with E-state index in [1.807, 2.05) is 25.4 Å². The van der Waals surface area contributed by atoms with Gasteiger partial charge < -0.3 is 10.2 Å². The number of nitrogens with one attached hydrogen (secondary N) is 2. The molecule has 140 valence electrons. The summed E-state index contributed by atoms with van der Waals surface area (Å²) >= 11 is 0. The molecule has 5 rings (SSSR count). The maximum absolute atomic E-state index is 4.36. The lowest BCUT2D eigenvalue weighted by Crippen LogP contribution is -2.31. The van der Waals surface area contributed by atoms with E-state index in [1.54, 1.807) is 0 Å². The largest absolute Gasteiger partial charge is 0.372 e. The van der Waals surface area contributed by atoms with Crippen molar-refractivity contribution in [3.05, 3.63) is 71.4 Å². The first-order chi connectivity index (χ1) is 13.7. The van der Waals surface area contributed by atoms with E-state index in [9.17, 15) is 0 Å². The highest BCUT2D eigenvalue weighted by Gasteiger charge is 2.25. The van der Waals surface area contributed by atoms with Crippen molar-refractivity contribution in [2.24, 2.45) is 0 Å². The molecule has 2 N–H and O–H groups in total. The van der Waals surface area contributed by atoms with Crippen LogP contribution in [-0.2, 0) is 6.54 Å². The van der Waals surface area contributed by atoms with Gasteiger partial charge in [-0.05, 0) is 54.1 Å². The monoisotopic (exact) mass is 370 g/mol. The van der Waals surface area contributed by atoms with Crippen LogP contribution in [0.4, 0.5) is 5.82 Å². The Hall–Kier alpha value is -3.25. The van der Waals surface area contributed by atoms with Crippen molar-refractivity contribution in [3.8, 4) is 11.3 Å². The zero-order valence-electron chi connectivity index (χ0n) is 16.0. The van der Waals surface area contributed by atoms with Gasteiger partial charge in [0, 0.05) is 37.0 Å². The molecule has 28 heavy (non-hydrogen) atoms. The molecule has 1 aliphatic rings. The third kappa shape index (κ3) is 2.92. The lowest BCUT2D eigenvalue weighted by Gasteiger charge is -2.33. The quantitative estimate of drug-likeness (QED) is 0.576. The summed E-state index contributed by atoms with van der Waals surface area (Å²) in [6.07, 6.45) is 1.89. The smallest absolute Gasteiger partial charge is 0.148 e. The van der Waals surface area contributed by atoms with E-state index >= 15 is 0 Å². The molecule has 2 aromatic heterocycles. The van der Waals surface area contributed by atoms with Crippen LogP contribution in [0.15, 0.2) is 54.7 Å². The Bertz CT molecular complexity index is 1130. The Kier molecular flexibility index (Phi) is 4.06. The maximum Gasteiger partial charge on any atom is 0.148 e. The topological polar surface area (TPSA) is 69.7 Å². The van der Waals surface area contributed by atoms with Crippen LogP contribution in [0.5, 0.6) is 0 Å². The van der Waals surface area contributed by atoms with Crippen molar-refractivity contribution in [3.63, 3.8) is 0 Å². The van der Waals surface area contributed by atoms with Crippen LogP contribution in [0, 0.1) is 0 Å². The molecule has 4 aromatic rings. The fraction of sp³-hybridized carbons (Fsp3) is 0.227. The molecule has 0 fully saturated rings. The Morgan fingerprint density at radius 3 is 2.82 bits per heavy atom. The van der Waals surface area contributed by atoms with Gasteiger partial charge in [-0.3, -0.25) is 5.10 Å². The van der Waals surface area contributed by atoms with E-state index in [0.717, 1.165) is 41.1 Å². The second-order valence-corrected chi connectivity index (χ2v) is 7.43. The van der Waals surface area contributed by atoms with E-state index in [-0.39, 0.29) is 0 Å². The Morgan fingerprint density at radius 1 is 1.07 bits per heavy atom. The number of aromatic nitrogens is 4. The van der Waals surface area contributed by atoms with Crippen LogP contribution in [-0.4, -0.2) is 45.9 Å². The van der Waals surface area contributed by atoms with Crippen molar-refractivity contribution in [1.82, 2.24) is 25.3 Å². The van der Waals surface area contributed by atoms with Crippen LogP contribution < -0.4 is 5.32 Å².